The molecule has 2 rings (SSSR count). The zero-order chi connectivity index (χ0) is 17.2. The van der Waals surface area contributed by atoms with Crippen LogP contribution in [-0.2, 0) is 12.8 Å². The molecule has 0 aromatic heterocycles. The second-order valence-electron chi connectivity index (χ2n) is 7.25. The molecule has 0 spiro atoms. The molecule has 1 aliphatic carbocycles. The normalized spacial score (nSPS) is 18.7. The van der Waals surface area contributed by atoms with Crippen molar-refractivity contribution in [1.29, 1.82) is 0 Å². The van der Waals surface area contributed by atoms with E-state index in [0.29, 0.717) is 12.5 Å². The van der Waals surface area contributed by atoms with E-state index < -0.39 is 0 Å². The van der Waals surface area contributed by atoms with Crippen molar-refractivity contribution >= 4 is 0 Å². The quantitative estimate of drug-likeness (QED) is 0.481. The molecule has 2 heteroatoms. The summed E-state index contributed by atoms with van der Waals surface area (Å²) in [7, 11) is 0. The molecule has 2 nitrogen and oxygen atoms in total. The van der Waals surface area contributed by atoms with Crippen LogP contribution in [-0.4, -0.2) is 18.3 Å². The van der Waals surface area contributed by atoms with E-state index in [1.54, 1.807) is 0 Å². The number of aliphatic hydroxyl groups excluding tert-OH is 1. The maximum atomic E-state index is 8.96. The average Bonchev–Trinajstić information content (AvgIpc) is 2.62. The van der Waals surface area contributed by atoms with Crippen molar-refractivity contribution < 1.29 is 5.11 Å². The Morgan fingerprint density at radius 3 is 2.88 bits per heavy atom. The van der Waals surface area contributed by atoms with Crippen molar-refractivity contribution in [3.05, 3.63) is 47.0 Å². The highest BCUT2D eigenvalue weighted by atomic mass is 16.2. The van der Waals surface area contributed by atoms with Gasteiger partial charge in [0.05, 0.1) is 0 Å². The summed E-state index contributed by atoms with van der Waals surface area (Å²) in [6.45, 7) is 3.24. The van der Waals surface area contributed by atoms with Gasteiger partial charge in [0.25, 0.3) is 0 Å². The monoisotopic (exact) mass is 329 g/mol. The van der Waals surface area contributed by atoms with Crippen molar-refractivity contribution in [2.45, 2.75) is 70.6 Å². The summed E-state index contributed by atoms with van der Waals surface area (Å²) in [4.78, 5) is 0. The Hall–Kier alpha value is -1.12. The van der Waals surface area contributed by atoms with Crippen molar-refractivity contribution in [2.24, 2.45) is 11.7 Å². The number of benzene rings is 1. The molecule has 0 unspecified atom stereocenters. The van der Waals surface area contributed by atoms with Crippen molar-refractivity contribution in [3.8, 4) is 0 Å². The third-order valence-corrected chi connectivity index (χ3v) is 5.35. The molecule has 0 heterocycles. The molecule has 24 heavy (non-hydrogen) atoms. The zero-order valence-corrected chi connectivity index (χ0v) is 15.3. The lowest BCUT2D eigenvalue weighted by Crippen LogP contribution is -2.16. The first kappa shape index (κ1) is 19.2. The lowest BCUT2D eigenvalue weighted by atomic mass is 9.81. The first-order valence-corrected chi connectivity index (χ1v) is 9.87. The summed E-state index contributed by atoms with van der Waals surface area (Å²) >= 11 is 0. The van der Waals surface area contributed by atoms with E-state index in [0.717, 1.165) is 25.2 Å². The van der Waals surface area contributed by atoms with E-state index in [1.165, 1.54) is 55.2 Å². The van der Waals surface area contributed by atoms with Gasteiger partial charge in [-0.05, 0) is 73.6 Å². The Bertz CT molecular complexity index is 509. The number of allylic oxidation sites excluding steroid dienone is 2. The predicted molar refractivity (Wildman–Crippen MR) is 103 cm³/mol. The van der Waals surface area contributed by atoms with Gasteiger partial charge in [0.1, 0.15) is 0 Å². The second-order valence-corrected chi connectivity index (χ2v) is 7.25. The van der Waals surface area contributed by atoms with Crippen molar-refractivity contribution in [1.82, 2.24) is 0 Å². The highest BCUT2D eigenvalue weighted by molar-refractivity contribution is 5.36. The van der Waals surface area contributed by atoms with Gasteiger partial charge in [-0.3, -0.25) is 0 Å². The van der Waals surface area contributed by atoms with Crippen LogP contribution in [0.2, 0.25) is 0 Å². The van der Waals surface area contributed by atoms with Crippen LogP contribution in [0, 0.1) is 5.92 Å². The molecule has 0 radical (unpaired) electrons. The van der Waals surface area contributed by atoms with Crippen LogP contribution in [0.1, 0.15) is 74.5 Å². The number of rotatable bonds is 10. The Labute approximate surface area is 148 Å². The smallest absolute Gasteiger partial charge is 0.0431 e. The molecule has 134 valence electrons. The standard InChI is InChI=1S/C22H35NO/c1-2-3-4-5-8-18-10-11-20-16-21(13-12-19(20)15-18)22(17-23)9-6-7-14-24/h5,8,12-13,16,18,22,24H,2-4,6-7,9-11,14-15,17,23H2,1H3/b8-5+/t18-,22+/m1/s1. The van der Waals surface area contributed by atoms with Crippen LogP contribution in [0.3, 0.4) is 0 Å². The lowest BCUT2D eigenvalue weighted by Gasteiger charge is -2.24. The highest BCUT2D eigenvalue weighted by Gasteiger charge is 2.18. The molecule has 1 aliphatic rings. The number of nitrogens with two attached hydrogens (primary N) is 1. The number of unbranched alkanes of at least 4 members (excludes halogenated alkanes) is 3. The van der Waals surface area contributed by atoms with Gasteiger partial charge >= 0.3 is 0 Å². The van der Waals surface area contributed by atoms with Gasteiger partial charge < -0.3 is 10.8 Å². The van der Waals surface area contributed by atoms with Crippen molar-refractivity contribution in [2.75, 3.05) is 13.2 Å². The van der Waals surface area contributed by atoms with Crippen LogP contribution in [0.15, 0.2) is 30.4 Å². The molecule has 0 amide bonds. The van der Waals surface area contributed by atoms with E-state index in [-0.39, 0.29) is 6.61 Å². The zero-order valence-electron chi connectivity index (χ0n) is 15.3. The first-order valence-electron chi connectivity index (χ1n) is 9.87. The fraction of sp³-hybridized carbons (Fsp3) is 0.636. The molecule has 0 saturated heterocycles. The van der Waals surface area contributed by atoms with Gasteiger partial charge in [0, 0.05) is 6.61 Å². The van der Waals surface area contributed by atoms with E-state index >= 15 is 0 Å². The molecule has 0 fully saturated rings. The summed E-state index contributed by atoms with van der Waals surface area (Å²) in [5.74, 6) is 1.16. The fourth-order valence-corrected chi connectivity index (χ4v) is 3.76. The third-order valence-electron chi connectivity index (χ3n) is 5.35. The van der Waals surface area contributed by atoms with Crippen molar-refractivity contribution in [3.63, 3.8) is 0 Å². The molecule has 0 bridgehead atoms. The fourth-order valence-electron chi connectivity index (χ4n) is 3.76. The maximum Gasteiger partial charge on any atom is 0.0431 e. The molecule has 1 aromatic carbocycles. The minimum absolute atomic E-state index is 0.286. The van der Waals surface area contributed by atoms with E-state index in [4.69, 9.17) is 10.8 Å². The Morgan fingerprint density at radius 2 is 2.12 bits per heavy atom. The van der Waals surface area contributed by atoms with Gasteiger partial charge in [0.15, 0.2) is 0 Å². The summed E-state index contributed by atoms with van der Waals surface area (Å²) in [5, 5.41) is 8.96. The first-order chi connectivity index (χ1) is 11.8. The second kappa shape index (κ2) is 10.7. The highest BCUT2D eigenvalue weighted by Crippen LogP contribution is 2.30. The number of aliphatic hydroxyl groups is 1. The minimum Gasteiger partial charge on any atom is -0.396 e. The molecule has 3 N–H and O–H groups in total. The topological polar surface area (TPSA) is 46.2 Å². The summed E-state index contributed by atoms with van der Waals surface area (Å²) in [6, 6.07) is 7.03. The summed E-state index contributed by atoms with van der Waals surface area (Å²) in [5.41, 5.74) is 10.5. The molecule has 0 saturated carbocycles. The van der Waals surface area contributed by atoms with Crippen LogP contribution < -0.4 is 5.73 Å². The number of hydrogen-bond donors (Lipinski definition) is 2. The predicted octanol–water partition coefficient (Wildman–Crippen LogP) is 4.74. The average molecular weight is 330 g/mol. The van der Waals surface area contributed by atoms with Crippen LogP contribution >= 0.6 is 0 Å². The van der Waals surface area contributed by atoms with Gasteiger partial charge in [-0.1, -0.05) is 56.5 Å². The number of hydrogen-bond acceptors (Lipinski definition) is 2. The Kier molecular flexibility index (Phi) is 8.55. The third kappa shape index (κ3) is 5.75. The molecule has 1 aromatic rings. The molecule has 0 aliphatic heterocycles. The van der Waals surface area contributed by atoms with E-state index in [2.05, 4.69) is 37.3 Å². The van der Waals surface area contributed by atoms with Crippen LogP contribution in [0.4, 0.5) is 0 Å². The SMILES string of the molecule is CCCC/C=C/[C@@H]1CCc2cc([C@H](CN)CCCCO)ccc2C1. The van der Waals surface area contributed by atoms with Gasteiger partial charge in [-0.15, -0.1) is 0 Å². The number of aryl methyl sites for hydroxylation is 1. The van der Waals surface area contributed by atoms with Gasteiger partial charge in [0.2, 0.25) is 0 Å². The molecular formula is C22H35NO. The van der Waals surface area contributed by atoms with Gasteiger partial charge in [-0.25, -0.2) is 0 Å². The summed E-state index contributed by atoms with van der Waals surface area (Å²) < 4.78 is 0. The van der Waals surface area contributed by atoms with Crippen LogP contribution in [0.5, 0.6) is 0 Å². The largest absolute Gasteiger partial charge is 0.396 e. The van der Waals surface area contributed by atoms with E-state index in [9.17, 15) is 0 Å². The Morgan fingerprint density at radius 1 is 1.25 bits per heavy atom. The molecule has 2 atom stereocenters. The number of fused-ring (bicyclic) bond motifs is 1. The Balaban J connectivity index is 1.96. The van der Waals surface area contributed by atoms with E-state index in [1.807, 2.05) is 0 Å². The molecular weight excluding hydrogens is 294 g/mol. The lowest BCUT2D eigenvalue weighted by molar-refractivity contribution is 0.281. The van der Waals surface area contributed by atoms with Gasteiger partial charge in [-0.2, -0.15) is 0 Å². The van der Waals surface area contributed by atoms with Crippen LogP contribution in [0.25, 0.3) is 0 Å². The maximum absolute atomic E-state index is 8.96. The minimum atomic E-state index is 0.286. The summed E-state index contributed by atoms with van der Waals surface area (Å²) in [6.07, 6.45) is 15.3.